The second-order valence-corrected chi connectivity index (χ2v) is 17.7. The van der Waals surface area contributed by atoms with Crippen LogP contribution in [0.4, 0.5) is 34.1 Å². The van der Waals surface area contributed by atoms with Crippen LogP contribution in [0.5, 0.6) is 0 Å². The summed E-state index contributed by atoms with van der Waals surface area (Å²) >= 11 is 0. The summed E-state index contributed by atoms with van der Waals surface area (Å²) in [6, 6.07) is 88.5. The highest BCUT2D eigenvalue weighted by molar-refractivity contribution is 6.19. The number of benzene rings is 11. The van der Waals surface area contributed by atoms with Gasteiger partial charge in [0, 0.05) is 39.2 Å². The second-order valence-electron chi connectivity index (χ2n) is 17.7. The highest BCUT2D eigenvalue weighted by Gasteiger charge is 2.38. The van der Waals surface area contributed by atoms with E-state index in [1.807, 2.05) is 0 Å². The fraction of sp³-hybridized carbons (Fsp3) is 0.0476. The molecular weight excluding hydrogens is 785 g/mol. The van der Waals surface area contributed by atoms with E-state index in [-0.39, 0.29) is 5.41 Å². The Bertz CT molecular complexity index is 3460. The Morgan fingerprint density at radius 2 is 0.754 bits per heavy atom. The van der Waals surface area contributed by atoms with Gasteiger partial charge in [-0.15, -0.1) is 0 Å². The van der Waals surface area contributed by atoms with Crippen molar-refractivity contribution in [3.63, 3.8) is 0 Å². The van der Waals surface area contributed by atoms with Gasteiger partial charge in [0.05, 0.1) is 5.69 Å². The molecule has 308 valence electrons. The predicted octanol–water partition coefficient (Wildman–Crippen LogP) is 17.7. The van der Waals surface area contributed by atoms with Gasteiger partial charge in [-0.05, 0) is 150 Å². The van der Waals surface area contributed by atoms with E-state index < -0.39 is 0 Å². The van der Waals surface area contributed by atoms with E-state index in [2.05, 4.69) is 266 Å². The summed E-state index contributed by atoms with van der Waals surface area (Å²) in [7, 11) is 0. The molecule has 0 N–H and O–H groups in total. The van der Waals surface area contributed by atoms with Gasteiger partial charge in [-0.3, -0.25) is 0 Å². The first-order chi connectivity index (χ1) is 32.0. The minimum atomic E-state index is -0.228. The zero-order valence-electron chi connectivity index (χ0n) is 36.5. The van der Waals surface area contributed by atoms with Gasteiger partial charge in [0.2, 0.25) is 0 Å². The van der Waals surface area contributed by atoms with Gasteiger partial charge >= 0.3 is 0 Å². The van der Waals surface area contributed by atoms with Crippen LogP contribution in [-0.2, 0) is 5.41 Å². The molecule has 1 aliphatic rings. The zero-order chi connectivity index (χ0) is 43.5. The average Bonchev–Trinajstić information content (AvgIpc) is 3.61. The van der Waals surface area contributed by atoms with Crippen LogP contribution in [0.3, 0.4) is 0 Å². The maximum Gasteiger partial charge on any atom is 0.0540 e. The molecule has 11 aromatic carbocycles. The van der Waals surface area contributed by atoms with E-state index in [1.165, 1.54) is 76.8 Å². The molecule has 2 nitrogen and oxygen atoms in total. The first-order valence-electron chi connectivity index (χ1n) is 22.6. The topological polar surface area (TPSA) is 6.48 Å². The van der Waals surface area contributed by atoms with Gasteiger partial charge in [-0.25, -0.2) is 0 Å². The zero-order valence-corrected chi connectivity index (χ0v) is 36.5. The van der Waals surface area contributed by atoms with Crippen LogP contribution in [0.2, 0.25) is 0 Å². The van der Waals surface area contributed by atoms with Crippen molar-refractivity contribution in [3.8, 4) is 33.4 Å². The Kier molecular flexibility index (Phi) is 9.21. The standard InChI is InChI=1S/C63H46N2/c1-63(2)59-42-44(43-31-35-50(36-32-43)64(46-19-7-3-8-20-46)47-21-9-4-10-22-47)33-38-57(59)61-55-30-18-16-28-53(55)58-41-45(34-37-56(58)62(61)63)51-39-40-60(54-29-17-15-27-52(51)54)65(48-23-11-5-12-24-48)49-25-13-6-14-26-49/h3-42H,1-2H3. The van der Waals surface area contributed by atoms with E-state index >= 15 is 0 Å². The van der Waals surface area contributed by atoms with E-state index in [4.69, 9.17) is 0 Å². The lowest BCUT2D eigenvalue weighted by molar-refractivity contribution is 0.667. The van der Waals surface area contributed by atoms with Crippen molar-refractivity contribution in [1.82, 2.24) is 0 Å². The van der Waals surface area contributed by atoms with Gasteiger partial charge in [0.1, 0.15) is 0 Å². The normalized spacial score (nSPS) is 12.6. The molecule has 1 aliphatic carbocycles. The molecule has 0 saturated carbocycles. The number of para-hydroxylation sites is 4. The monoisotopic (exact) mass is 830 g/mol. The van der Waals surface area contributed by atoms with E-state index in [1.54, 1.807) is 0 Å². The molecule has 0 amide bonds. The van der Waals surface area contributed by atoms with Crippen LogP contribution in [0, 0.1) is 0 Å². The maximum atomic E-state index is 2.45. The Morgan fingerprint density at radius 3 is 1.35 bits per heavy atom. The molecule has 2 heteroatoms. The SMILES string of the molecule is CC1(C)c2cc(-c3ccc(N(c4ccccc4)c4ccccc4)cc3)ccc2-c2c1c1ccc(-c3ccc(N(c4ccccc4)c4ccccc4)c4ccccc34)cc1c1ccccc21. The summed E-state index contributed by atoms with van der Waals surface area (Å²) in [4.78, 5) is 4.69. The van der Waals surface area contributed by atoms with E-state index in [0.717, 1.165) is 34.1 Å². The molecule has 0 spiro atoms. The largest absolute Gasteiger partial charge is 0.311 e. The smallest absolute Gasteiger partial charge is 0.0540 e. The van der Waals surface area contributed by atoms with Gasteiger partial charge in [-0.2, -0.15) is 0 Å². The van der Waals surface area contributed by atoms with E-state index in [9.17, 15) is 0 Å². The molecule has 11 aromatic rings. The molecule has 0 unspecified atom stereocenters. The molecule has 12 rings (SSSR count). The average molecular weight is 831 g/mol. The number of anilines is 6. The fourth-order valence-corrected chi connectivity index (χ4v) is 10.6. The summed E-state index contributed by atoms with van der Waals surface area (Å²) in [6.45, 7) is 4.84. The minimum Gasteiger partial charge on any atom is -0.311 e. The van der Waals surface area contributed by atoms with Crippen molar-refractivity contribution < 1.29 is 0 Å². The first kappa shape index (κ1) is 38.5. The number of rotatable bonds is 8. The van der Waals surface area contributed by atoms with Crippen molar-refractivity contribution in [1.29, 1.82) is 0 Å². The lowest BCUT2D eigenvalue weighted by Crippen LogP contribution is -2.15. The van der Waals surface area contributed by atoms with Crippen molar-refractivity contribution in [2.75, 3.05) is 9.80 Å². The Morgan fingerprint density at radius 1 is 0.292 bits per heavy atom. The molecule has 0 saturated heterocycles. The molecule has 0 radical (unpaired) electrons. The second kappa shape index (κ2) is 15.6. The maximum absolute atomic E-state index is 2.45. The number of nitrogens with zero attached hydrogens (tertiary/aromatic N) is 2. The van der Waals surface area contributed by atoms with Gasteiger partial charge in [0.15, 0.2) is 0 Å². The number of fused-ring (bicyclic) bond motifs is 9. The Labute approximate surface area is 380 Å². The third-order valence-electron chi connectivity index (χ3n) is 13.6. The number of hydrogen-bond acceptors (Lipinski definition) is 2. The van der Waals surface area contributed by atoms with Crippen LogP contribution in [0.1, 0.15) is 25.0 Å². The number of hydrogen-bond donors (Lipinski definition) is 0. The molecule has 0 heterocycles. The van der Waals surface area contributed by atoms with Crippen molar-refractivity contribution >= 4 is 66.4 Å². The molecule has 0 aliphatic heterocycles. The molecule has 0 atom stereocenters. The Hall–Kier alpha value is -8.20. The summed E-state index contributed by atoms with van der Waals surface area (Å²) < 4.78 is 0. The van der Waals surface area contributed by atoms with Crippen LogP contribution >= 0.6 is 0 Å². The molecule has 0 bridgehead atoms. The van der Waals surface area contributed by atoms with Crippen LogP contribution in [-0.4, -0.2) is 0 Å². The predicted molar refractivity (Wildman–Crippen MR) is 277 cm³/mol. The first-order valence-corrected chi connectivity index (χ1v) is 22.6. The van der Waals surface area contributed by atoms with Crippen molar-refractivity contribution in [2.24, 2.45) is 0 Å². The van der Waals surface area contributed by atoms with Gasteiger partial charge < -0.3 is 9.80 Å². The molecule has 0 fully saturated rings. The third-order valence-corrected chi connectivity index (χ3v) is 13.6. The third kappa shape index (κ3) is 6.40. The van der Waals surface area contributed by atoms with Crippen LogP contribution in [0.25, 0.3) is 65.7 Å². The fourth-order valence-electron chi connectivity index (χ4n) is 10.6. The van der Waals surface area contributed by atoms with Crippen molar-refractivity contribution in [3.05, 3.63) is 254 Å². The quantitative estimate of drug-likeness (QED) is 0.141. The highest BCUT2D eigenvalue weighted by atomic mass is 15.1. The lowest BCUT2D eigenvalue weighted by atomic mass is 9.78. The molecule has 0 aromatic heterocycles. The van der Waals surface area contributed by atoms with Crippen LogP contribution < -0.4 is 9.80 Å². The van der Waals surface area contributed by atoms with Crippen LogP contribution in [0.15, 0.2) is 243 Å². The van der Waals surface area contributed by atoms with Gasteiger partial charge in [-0.1, -0.05) is 178 Å². The summed E-state index contributed by atoms with van der Waals surface area (Å²) in [5, 5.41) is 7.64. The highest BCUT2D eigenvalue weighted by Crippen LogP contribution is 2.56. The molecular formula is C63H46N2. The van der Waals surface area contributed by atoms with Crippen molar-refractivity contribution in [2.45, 2.75) is 19.3 Å². The minimum absolute atomic E-state index is 0.228. The van der Waals surface area contributed by atoms with E-state index in [0.29, 0.717) is 0 Å². The lowest BCUT2D eigenvalue weighted by Gasteiger charge is -2.27. The summed E-state index contributed by atoms with van der Waals surface area (Å²) in [6.07, 6.45) is 0. The Balaban J connectivity index is 0.956. The van der Waals surface area contributed by atoms with Gasteiger partial charge in [0.25, 0.3) is 0 Å². The summed E-state index contributed by atoms with van der Waals surface area (Å²) in [5.74, 6) is 0. The summed E-state index contributed by atoms with van der Waals surface area (Å²) in [5.41, 5.74) is 16.9. The molecule has 65 heavy (non-hydrogen) atoms.